The maximum Gasteiger partial charge on any atom is 0.137 e. The molecule has 0 bridgehead atoms. The van der Waals surface area contributed by atoms with Gasteiger partial charge in [-0.1, -0.05) is 12.1 Å². The number of aliphatic hydroxyl groups excluding tert-OH is 2. The topological polar surface area (TPSA) is 40.5 Å². The molecule has 12 heavy (non-hydrogen) atoms. The number of hydrogen-bond donors (Lipinski definition) is 2. The van der Waals surface area contributed by atoms with Gasteiger partial charge in [-0.2, -0.15) is 0 Å². The molecule has 2 N–H and O–H groups in total. The van der Waals surface area contributed by atoms with Crippen molar-refractivity contribution in [2.24, 2.45) is 0 Å². The zero-order valence-corrected chi connectivity index (χ0v) is 7.75. The van der Waals surface area contributed by atoms with Gasteiger partial charge in [-0.05, 0) is 27.6 Å². The molecule has 0 saturated heterocycles. The van der Waals surface area contributed by atoms with Crippen molar-refractivity contribution in [3.05, 3.63) is 34.1 Å². The maximum absolute atomic E-state index is 12.8. The van der Waals surface area contributed by atoms with Crippen LogP contribution in [0.15, 0.2) is 22.7 Å². The van der Waals surface area contributed by atoms with Crippen molar-refractivity contribution >= 4 is 15.9 Å². The Morgan fingerprint density at radius 2 is 2.17 bits per heavy atom. The number of aliphatic hydroxyl groups is 2. The average molecular weight is 235 g/mol. The Hall–Kier alpha value is -0.450. The molecule has 0 saturated carbocycles. The third-order valence-corrected chi connectivity index (χ3v) is 2.35. The zero-order valence-electron chi connectivity index (χ0n) is 6.17. The largest absolute Gasteiger partial charge is 0.393 e. The van der Waals surface area contributed by atoms with E-state index in [0.29, 0.717) is 5.56 Å². The summed E-state index contributed by atoms with van der Waals surface area (Å²) in [5.74, 6) is -0.444. The summed E-state index contributed by atoms with van der Waals surface area (Å²) >= 11 is 2.98. The van der Waals surface area contributed by atoms with Gasteiger partial charge in [-0.3, -0.25) is 0 Å². The van der Waals surface area contributed by atoms with Crippen molar-refractivity contribution in [1.29, 1.82) is 0 Å². The summed E-state index contributed by atoms with van der Waals surface area (Å²) in [5.41, 5.74) is 0.359. The molecule has 1 rings (SSSR count). The van der Waals surface area contributed by atoms with E-state index in [-0.39, 0.29) is 4.47 Å². The first-order chi connectivity index (χ1) is 5.66. The van der Waals surface area contributed by atoms with E-state index in [1.807, 2.05) is 0 Å². The zero-order chi connectivity index (χ0) is 9.14. The van der Waals surface area contributed by atoms with Crippen LogP contribution in [0, 0.1) is 5.82 Å². The highest BCUT2D eigenvalue weighted by molar-refractivity contribution is 9.10. The van der Waals surface area contributed by atoms with Crippen LogP contribution in [-0.4, -0.2) is 16.8 Å². The van der Waals surface area contributed by atoms with Crippen molar-refractivity contribution in [1.82, 2.24) is 0 Å². The van der Waals surface area contributed by atoms with E-state index >= 15 is 0 Å². The number of benzene rings is 1. The van der Waals surface area contributed by atoms with Gasteiger partial charge in [-0.25, -0.2) is 4.39 Å². The molecule has 1 aromatic carbocycles. The summed E-state index contributed by atoms with van der Waals surface area (Å²) in [6.45, 7) is -0.415. The lowest BCUT2D eigenvalue weighted by Crippen LogP contribution is -2.03. The van der Waals surface area contributed by atoms with Crippen molar-refractivity contribution in [2.45, 2.75) is 6.10 Å². The standard InChI is InChI=1S/C8H8BrFO2/c9-8-5(7(12)4-11)2-1-3-6(8)10/h1-3,7,11-12H,4H2. The van der Waals surface area contributed by atoms with Crippen molar-refractivity contribution in [3.8, 4) is 0 Å². The van der Waals surface area contributed by atoms with Crippen molar-refractivity contribution < 1.29 is 14.6 Å². The first kappa shape index (κ1) is 9.64. The highest BCUT2D eigenvalue weighted by Gasteiger charge is 2.12. The Labute approximate surface area is 77.8 Å². The molecule has 0 amide bonds. The summed E-state index contributed by atoms with van der Waals surface area (Å²) in [6, 6.07) is 4.31. The predicted octanol–water partition coefficient (Wildman–Crippen LogP) is 1.61. The van der Waals surface area contributed by atoms with Gasteiger partial charge in [0.2, 0.25) is 0 Å². The molecule has 0 heterocycles. The molecule has 0 aliphatic heterocycles. The molecule has 0 aliphatic carbocycles. The molecular weight excluding hydrogens is 227 g/mol. The van der Waals surface area contributed by atoms with Crippen LogP contribution < -0.4 is 0 Å². The van der Waals surface area contributed by atoms with Crippen molar-refractivity contribution in [3.63, 3.8) is 0 Å². The van der Waals surface area contributed by atoms with E-state index in [1.54, 1.807) is 6.07 Å². The van der Waals surface area contributed by atoms with Crippen LogP contribution in [0.25, 0.3) is 0 Å². The van der Waals surface area contributed by atoms with Crippen LogP contribution in [0.4, 0.5) is 4.39 Å². The summed E-state index contributed by atoms with van der Waals surface area (Å²) in [4.78, 5) is 0. The first-order valence-electron chi connectivity index (χ1n) is 3.39. The molecular formula is C8H8BrFO2. The molecule has 2 nitrogen and oxygen atoms in total. The highest BCUT2D eigenvalue weighted by atomic mass is 79.9. The van der Waals surface area contributed by atoms with Gasteiger partial charge >= 0.3 is 0 Å². The predicted molar refractivity (Wildman–Crippen MR) is 46.1 cm³/mol. The smallest absolute Gasteiger partial charge is 0.137 e. The fraction of sp³-hybridized carbons (Fsp3) is 0.250. The molecule has 0 radical (unpaired) electrons. The number of halogens is 2. The monoisotopic (exact) mass is 234 g/mol. The van der Waals surface area contributed by atoms with Crippen LogP contribution in [0.5, 0.6) is 0 Å². The lowest BCUT2D eigenvalue weighted by Gasteiger charge is -2.09. The molecule has 1 unspecified atom stereocenters. The third kappa shape index (κ3) is 1.83. The summed E-state index contributed by atoms with van der Waals surface area (Å²) < 4.78 is 13.0. The van der Waals surface area contributed by atoms with Crippen LogP contribution in [-0.2, 0) is 0 Å². The molecule has 66 valence electrons. The maximum atomic E-state index is 12.8. The third-order valence-electron chi connectivity index (χ3n) is 1.51. The Bertz CT molecular complexity index is 278. The van der Waals surface area contributed by atoms with Gasteiger partial charge in [-0.15, -0.1) is 0 Å². The summed E-state index contributed by atoms with van der Waals surface area (Å²) in [7, 11) is 0. The Balaban J connectivity index is 3.07. The van der Waals surface area contributed by atoms with Gasteiger partial charge in [0.15, 0.2) is 0 Å². The fourth-order valence-electron chi connectivity index (χ4n) is 0.876. The van der Waals surface area contributed by atoms with Crippen LogP contribution >= 0.6 is 15.9 Å². The second kappa shape index (κ2) is 3.98. The van der Waals surface area contributed by atoms with Gasteiger partial charge < -0.3 is 10.2 Å². The average Bonchev–Trinajstić information content (AvgIpc) is 2.08. The molecule has 1 aromatic rings. The molecule has 1 atom stereocenters. The Morgan fingerprint density at radius 3 is 2.75 bits per heavy atom. The molecule has 4 heteroatoms. The SMILES string of the molecule is OCC(O)c1cccc(F)c1Br. The van der Waals surface area contributed by atoms with Crippen LogP contribution in [0.1, 0.15) is 11.7 Å². The molecule has 0 fully saturated rings. The van der Waals surface area contributed by atoms with Gasteiger partial charge in [0.1, 0.15) is 11.9 Å². The van der Waals surface area contributed by atoms with Gasteiger partial charge in [0.25, 0.3) is 0 Å². The molecule has 0 aliphatic rings. The second-order valence-corrected chi connectivity index (χ2v) is 3.13. The Morgan fingerprint density at radius 1 is 1.50 bits per heavy atom. The van der Waals surface area contributed by atoms with Crippen LogP contribution in [0.3, 0.4) is 0 Å². The minimum absolute atomic E-state index is 0.201. The van der Waals surface area contributed by atoms with E-state index in [4.69, 9.17) is 5.11 Å². The second-order valence-electron chi connectivity index (χ2n) is 2.34. The van der Waals surface area contributed by atoms with Crippen LogP contribution in [0.2, 0.25) is 0 Å². The highest BCUT2D eigenvalue weighted by Crippen LogP contribution is 2.25. The van der Waals surface area contributed by atoms with E-state index in [2.05, 4.69) is 15.9 Å². The minimum Gasteiger partial charge on any atom is -0.393 e. The normalized spacial score (nSPS) is 13.0. The van der Waals surface area contributed by atoms with E-state index < -0.39 is 18.5 Å². The van der Waals surface area contributed by atoms with Gasteiger partial charge in [0.05, 0.1) is 11.1 Å². The minimum atomic E-state index is -1.03. The quantitative estimate of drug-likeness (QED) is 0.817. The summed E-state index contributed by atoms with van der Waals surface area (Å²) in [5, 5.41) is 17.8. The number of rotatable bonds is 2. The van der Waals surface area contributed by atoms with Gasteiger partial charge in [0, 0.05) is 0 Å². The summed E-state index contributed by atoms with van der Waals surface area (Å²) in [6.07, 6.45) is -1.03. The molecule has 0 spiro atoms. The van der Waals surface area contributed by atoms with E-state index in [9.17, 15) is 9.50 Å². The van der Waals surface area contributed by atoms with E-state index in [0.717, 1.165) is 0 Å². The lowest BCUT2D eigenvalue weighted by atomic mass is 10.1. The lowest BCUT2D eigenvalue weighted by molar-refractivity contribution is 0.0948. The Kier molecular flexibility index (Phi) is 3.20. The van der Waals surface area contributed by atoms with E-state index in [1.165, 1.54) is 12.1 Å². The fourth-order valence-corrected chi connectivity index (χ4v) is 1.40. The number of hydrogen-bond acceptors (Lipinski definition) is 2. The van der Waals surface area contributed by atoms with Crippen molar-refractivity contribution in [2.75, 3.05) is 6.61 Å². The first-order valence-corrected chi connectivity index (χ1v) is 4.19. The molecule has 0 aromatic heterocycles.